The van der Waals surface area contributed by atoms with Gasteiger partial charge in [-0.2, -0.15) is 13.2 Å². The summed E-state index contributed by atoms with van der Waals surface area (Å²) in [5.74, 6) is -0.325. The van der Waals surface area contributed by atoms with Crippen LogP contribution in [0.25, 0.3) is 10.9 Å². The second-order valence-corrected chi connectivity index (χ2v) is 8.74. The molecule has 1 fully saturated rings. The third kappa shape index (κ3) is 5.05. The Balaban J connectivity index is 1.70. The van der Waals surface area contributed by atoms with Gasteiger partial charge in [0.25, 0.3) is 0 Å². The first-order valence-electron chi connectivity index (χ1n) is 11.2. The average molecular weight is 476 g/mol. The minimum atomic E-state index is -4.30. The molecule has 0 amide bonds. The van der Waals surface area contributed by atoms with Crippen LogP contribution in [0.4, 0.5) is 13.2 Å². The molecule has 6 nitrogen and oxygen atoms in total. The summed E-state index contributed by atoms with van der Waals surface area (Å²) in [5.41, 5.74) is 3.77. The molecule has 0 aliphatic carbocycles. The number of aromatic amines is 1. The van der Waals surface area contributed by atoms with Gasteiger partial charge in [0.05, 0.1) is 19.2 Å². The first-order chi connectivity index (χ1) is 16.2. The normalized spacial score (nSPS) is 19.4. The van der Waals surface area contributed by atoms with Gasteiger partial charge in [0, 0.05) is 47.8 Å². The van der Waals surface area contributed by atoms with E-state index in [4.69, 9.17) is 4.74 Å². The topological polar surface area (TPSA) is 77.6 Å². The number of fused-ring (bicyclic) bond motifs is 1. The Bertz CT molecular complexity index is 1180. The molecule has 1 aromatic heterocycles. The average Bonchev–Trinajstić information content (AvgIpc) is 3.30. The first kappa shape index (κ1) is 24.1. The fraction of sp³-hybridized carbons (Fsp3) is 0.400. The molecule has 0 saturated carbocycles. The highest BCUT2D eigenvalue weighted by atomic mass is 19.4. The van der Waals surface area contributed by atoms with E-state index in [-0.39, 0.29) is 17.6 Å². The molecule has 0 radical (unpaired) electrons. The molecule has 2 atom stereocenters. The van der Waals surface area contributed by atoms with Gasteiger partial charge in [-0.1, -0.05) is 18.2 Å². The highest BCUT2D eigenvalue weighted by Gasteiger charge is 2.35. The van der Waals surface area contributed by atoms with Gasteiger partial charge in [0.15, 0.2) is 0 Å². The highest BCUT2D eigenvalue weighted by Crippen LogP contribution is 2.38. The Morgan fingerprint density at radius 1 is 1.29 bits per heavy atom. The van der Waals surface area contributed by atoms with Gasteiger partial charge >= 0.3 is 12.1 Å². The third-order valence-electron chi connectivity index (χ3n) is 6.55. The summed E-state index contributed by atoms with van der Waals surface area (Å²) in [6.45, 7) is 1.91. The Morgan fingerprint density at radius 3 is 2.76 bits per heavy atom. The van der Waals surface area contributed by atoms with Crippen molar-refractivity contribution in [3.8, 4) is 5.75 Å². The van der Waals surface area contributed by atoms with Crippen LogP contribution in [-0.2, 0) is 6.54 Å². The maximum atomic E-state index is 12.8. The van der Waals surface area contributed by atoms with E-state index in [1.165, 1.54) is 0 Å². The number of carboxylic acid groups (broad SMARTS) is 1. The number of halogens is 3. The zero-order valence-electron chi connectivity index (χ0n) is 19.1. The van der Waals surface area contributed by atoms with E-state index in [1.807, 2.05) is 25.3 Å². The third-order valence-corrected chi connectivity index (χ3v) is 6.55. The van der Waals surface area contributed by atoms with Gasteiger partial charge in [-0.3, -0.25) is 4.90 Å². The lowest BCUT2D eigenvalue weighted by molar-refractivity contribution is -0.127. The number of nitrogens with zero attached hydrogens (tertiary/aromatic N) is 1. The predicted octanol–water partition coefficient (Wildman–Crippen LogP) is 5.04. The number of aromatic nitrogens is 1. The fourth-order valence-electron chi connectivity index (χ4n) is 4.94. The number of methoxy groups -OCH3 is 1. The standard InChI is InChI=1S/C25H28F3N3O3/c1-15-11-22(34-2)20(18-7-9-29-23(15)18)13-31-10-8-16(30-14-25(26,27)28)12-21(31)17-5-3-4-6-19(17)24(32)33/h3-7,9,11,16,21,29-30H,8,10,12-14H2,1-2H3,(H,32,33)/t16-,21+/m1/s1. The summed E-state index contributed by atoms with van der Waals surface area (Å²) in [4.78, 5) is 17.3. The number of rotatable bonds is 7. The maximum Gasteiger partial charge on any atom is 0.401 e. The second-order valence-electron chi connectivity index (χ2n) is 8.74. The molecule has 0 bridgehead atoms. The lowest BCUT2D eigenvalue weighted by Crippen LogP contribution is -2.46. The van der Waals surface area contributed by atoms with E-state index in [0.717, 1.165) is 27.8 Å². The molecule has 1 aliphatic rings. The van der Waals surface area contributed by atoms with E-state index in [9.17, 15) is 23.1 Å². The van der Waals surface area contributed by atoms with Gasteiger partial charge in [-0.05, 0) is 49.1 Å². The Labute approximate surface area is 195 Å². The summed E-state index contributed by atoms with van der Waals surface area (Å²) in [7, 11) is 1.61. The lowest BCUT2D eigenvalue weighted by atomic mass is 9.88. The van der Waals surface area contributed by atoms with Crippen molar-refractivity contribution in [2.24, 2.45) is 0 Å². The molecule has 3 aromatic rings. The Kier molecular flexibility index (Phi) is 6.86. The minimum absolute atomic E-state index is 0.164. The summed E-state index contributed by atoms with van der Waals surface area (Å²) >= 11 is 0. The maximum absolute atomic E-state index is 12.8. The number of alkyl halides is 3. The van der Waals surface area contributed by atoms with Crippen molar-refractivity contribution in [3.63, 3.8) is 0 Å². The van der Waals surface area contributed by atoms with Crippen molar-refractivity contribution in [3.05, 3.63) is 64.8 Å². The van der Waals surface area contributed by atoms with E-state index >= 15 is 0 Å². The molecule has 1 aliphatic heterocycles. The number of aryl methyl sites for hydroxylation is 1. The van der Waals surface area contributed by atoms with Crippen LogP contribution in [0.2, 0.25) is 0 Å². The van der Waals surface area contributed by atoms with Gasteiger partial charge < -0.3 is 20.1 Å². The van der Waals surface area contributed by atoms with Gasteiger partial charge in [0.1, 0.15) is 5.75 Å². The van der Waals surface area contributed by atoms with Crippen LogP contribution in [0.1, 0.15) is 45.9 Å². The molecular weight excluding hydrogens is 447 g/mol. The number of likely N-dealkylation sites (tertiary alicyclic amines) is 1. The summed E-state index contributed by atoms with van der Waals surface area (Å²) in [6.07, 6.45) is -1.55. The molecule has 4 rings (SSSR count). The van der Waals surface area contributed by atoms with Crippen LogP contribution < -0.4 is 10.1 Å². The number of aromatic carboxylic acids is 1. The van der Waals surface area contributed by atoms with E-state index in [0.29, 0.717) is 31.5 Å². The number of hydrogen-bond acceptors (Lipinski definition) is 4. The van der Waals surface area contributed by atoms with Crippen LogP contribution in [0.5, 0.6) is 5.75 Å². The number of H-pyrrole nitrogens is 1. The number of nitrogens with one attached hydrogen (secondary N) is 2. The number of carboxylic acids is 1. The van der Waals surface area contributed by atoms with Crippen molar-refractivity contribution in [2.45, 2.75) is 44.6 Å². The van der Waals surface area contributed by atoms with E-state index < -0.39 is 18.7 Å². The molecule has 3 N–H and O–H groups in total. The molecule has 34 heavy (non-hydrogen) atoms. The molecule has 2 aromatic carbocycles. The van der Waals surface area contributed by atoms with Crippen LogP contribution >= 0.6 is 0 Å². The predicted molar refractivity (Wildman–Crippen MR) is 123 cm³/mol. The van der Waals surface area contributed by atoms with Crippen LogP contribution in [-0.4, -0.2) is 53.4 Å². The van der Waals surface area contributed by atoms with Gasteiger partial charge in [-0.25, -0.2) is 4.79 Å². The van der Waals surface area contributed by atoms with E-state index in [2.05, 4.69) is 15.2 Å². The van der Waals surface area contributed by atoms with Crippen molar-refractivity contribution in [1.29, 1.82) is 0 Å². The van der Waals surface area contributed by atoms with Crippen molar-refractivity contribution in [1.82, 2.24) is 15.2 Å². The summed E-state index contributed by atoms with van der Waals surface area (Å²) in [5, 5.41) is 13.4. The Hall–Kier alpha value is -3.04. The molecule has 2 heterocycles. The van der Waals surface area contributed by atoms with Gasteiger partial charge in [0.2, 0.25) is 0 Å². The van der Waals surface area contributed by atoms with Crippen molar-refractivity contribution < 1.29 is 27.8 Å². The highest BCUT2D eigenvalue weighted by molar-refractivity contribution is 5.90. The Morgan fingerprint density at radius 2 is 2.06 bits per heavy atom. The number of carbonyl (C=O) groups is 1. The van der Waals surface area contributed by atoms with Crippen molar-refractivity contribution >= 4 is 16.9 Å². The zero-order chi connectivity index (χ0) is 24.5. The number of piperidine rings is 1. The molecule has 1 saturated heterocycles. The minimum Gasteiger partial charge on any atom is -0.496 e. The monoisotopic (exact) mass is 475 g/mol. The molecule has 0 unspecified atom stereocenters. The molecule has 182 valence electrons. The van der Waals surface area contributed by atoms with Gasteiger partial charge in [-0.15, -0.1) is 0 Å². The summed E-state index contributed by atoms with van der Waals surface area (Å²) in [6, 6.07) is 9.92. The molecular formula is C25H28F3N3O3. The number of benzene rings is 2. The smallest absolute Gasteiger partial charge is 0.401 e. The van der Waals surface area contributed by atoms with Crippen molar-refractivity contribution in [2.75, 3.05) is 20.2 Å². The number of ether oxygens (including phenoxy) is 1. The van der Waals surface area contributed by atoms with E-state index in [1.54, 1.807) is 31.4 Å². The quantitative estimate of drug-likeness (QED) is 0.446. The molecule has 9 heteroatoms. The lowest BCUT2D eigenvalue weighted by Gasteiger charge is -2.41. The fourth-order valence-corrected chi connectivity index (χ4v) is 4.94. The second kappa shape index (κ2) is 9.68. The SMILES string of the molecule is COc1cc(C)c2[nH]ccc2c1CN1CC[C@@H](NCC(F)(F)F)C[C@H]1c1ccccc1C(=O)O. The number of hydrogen-bond donors (Lipinski definition) is 3. The van der Waals surface area contributed by atoms with Crippen LogP contribution in [0.15, 0.2) is 42.6 Å². The largest absolute Gasteiger partial charge is 0.496 e. The van der Waals surface area contributed by atoms with Crippen LogP contribution in [0, 0.1) is 6.92 Å². The molecule has 0 spiro atoms. The summed E-state index contributed by atoms with van der Waals surface area (Å²) < 4.78 is 44.2. The van der Waals surface area contributed by atoms with Crippen LogP contribution in [0.3, 0.4) is 0 Å². The first-order valence-corrected chi connectivity index (χ1v) is 11.2. The zero-order valence-corrected chi connectivity index (χ0v) is 19.1.